The molecule has 1 fully saturated rings. The van der Waals surface area contributed by atoms with Gasteiger partial charge in [-0.05, 0) is 80.9 Å². The van der Waals surface area contributed by atoms with E-state index in [2.05, 4.69) is 10.8 Å². The van der Waals surface area contributed by atoms with Gasteiger partial charge >= 0.3 is 6.36 Å². The molecule has 1 aliphatic rings. The van der Waals surface area contributed by atoms with Crippen molar-refractivity contribution in [2.75, 3.05) is 6.67 Å². The first kappa shape index (κ1) is 21.6. The first-order valence-corrected chi connectivity index (χ1v) is 9.24. The smallest absolute Gasteiger partial charge is 0.399 e. The highest BCUT2D eigenvalue weighted by molar-refractivity contribution is 5.31. The maximum absolute atomic E-state index is 13.7. The summed E-state index contributed by atoms with van der Waals surface area (Å²) in [6, 6.07) is 1.81. The molecule has 0 bridgehead atoms. The molecule has 0 spiro atoms. The zero-order valence-electron chi connectivity index (χ0n) is 15.0. The molecule has 0 aromatic heterocycles. The topological polar surface area (TPSA) is 9.23 Å². The molecule has 0 aliphatic heterocycles. The van der Waals surface area contributed by atoms with E-state index < -0.39 is 23.7 Å². The zero-order chi connectivity index (χ0) is 19.9. The summed E-state index contributed by atoms with van der Waals surface area (Å²) in [5, 5.41) is 0. The van der Waals surface area contributed by atoms with Crippen molar-refractivity contribution in [3.8, 4) is 5.75 Å². The molecule has 1 aliphatic carbocycles. The van der Waals surface area contributed by atoms with Gasteiger partial charge in [-0.1, -0.05) is 12.2 Å². The van der Waals surface area contributed by atoms with Crippen LogP contribution in [0.4, 0.5) is 26.3 Å². The van der Waals surface area contributed by atoms with Crippen LogP contribution < -0.4 is 4.74 Å². The van der Waals surface area contributed by atoms with Crippen molar-refractivity contribution < 1.29 is 31.1 Å². The number of benzene rings is 1. The summed E-state index contributed by atoms with van der Waals surface area (Å²) in [6.07, 6.45) is 5.52. The van der Waals surface area contributed by atoms with Gasteiger partial charge in [0.25, 0.3) is 0 Å². The Balaban J connectivity index is 1.81. The molecule has 1 aromatic carbocycles. The van der Waals surface area contributed by atoms with E-state index in [4.69, 9.17) is 0 Å². The molecule has 7 heteroatoms. The summed E-state index contributed by atoms with van der Waals surface area (Å²) in [7, 11) is 0. The third-order valence-electron chi connectivity index (χ3n) is 4.92. The van der Waals surface area contributed by atoms with Crippen LogP contribution in [-0.4, -0.2) is 13.0 Å². The quantitative estimate of drug-likeness (QED) is 0.264. The van der Waals surface area contributed by atoms with Gasteiger partial charge in [0.2, 0.25) is 5.75 Å². The maximum Gasteiger partial charge on any atom is 0.573 e. The molecule has 0 unspecified atom stereocenters. The molecule has 152 valence electrons. The second-order valence-electron chi connectivity index (χ2n) is 7.02. The minimum Gasteiger partial charge on any atom is -0.399 e. The number of rotatable bonds is 8. The van der Waals surface area contributed by atoms with Gasteiger partial charge in [-0.3, -0.25) is 4.39 Å². The summed E-state index contributed by atoms with van der Waals surface area (Å²) in [6.45, 7) is -0.304. The predicted octanol–water partition coefficient (Wildman–Crippen LogP) is 6.91. The first-order valence-electron chi connectivity index (χ1n) is 9.24. The lowest BCUT2D eigenvalue weighted by Gasteiger charge is -2.26. The average Bonchev–Trinajstić information content (AvgIpc) is 2.60. The van der Waals surface area contributed by atoms with E-state index in [1.54, 1.807) is 0 Å². The van der Waals surface area contributed by atoms with E-state index >= 15 is 0 Å². The van der Waals surface area contributed by atoms with Gasteiger partial charge in [-0.25, -0.2) is 8.78 Å². The van der Waals surface area contributed by atoms with Crippen LogP contribution in [0.5, 0.6) is 5.75 Å². The molecule has 1 aromatic rings. The molecular formula is C20H24F6O. The minimum absolute atomic E-state index is 0.304. The third kappa shape index (κ3) is 7.46. The van der Waals surface area contributed by atoms with Crippen LogP contribution in [0.2, 0.25) is 0 Å². The molecular weight excluding hydrogens is 370 g/mol. The van der Waals surface area contributed by atoms with Gasteiger partial charge in [0, 0.05) is 0 Å². The lowest BCUT2D eigenvalue weighted by Crippen LogP contribution is -2.19. The summed E-state index contributed by atoms with van der Waals surface area (Å²) < 4.78 is 79.4. The lowest BCUT2D eigenvalue weighted by atomic mass is 9.79. The Kier molecular flexibility index (Phi) is 8.05. The number of alkyl halides is 4. The lowest BCUT2D eigenvalue weighted by molar-refractivity contribution is -0.276. The van der Waals surface area contributed by atoms with Crippen LogP contribution in [0.25, 0.3) is 0 Å². The van der Waals surface area contributed by atoms with Crippen molar-refractivity contribution in [2.45, 2.75) is 57.7 Å². The molecule has 27 heavy (non-hydrogen) atoms. The summed E-state index contributed by atoms with van der Waals surface area (Å²) in [5.74, 6) is -3.17. The molecule has 2 rings (SSSR count). The molecule has 0 amide bonds. The van der Waals surface area contributed by atoms with Crippen LogP contribution in [0.3, 0.4) is 0 Å². The number of allylic oxidation sites excluding steroid dienone is 2. The fourth-order valence-electron chi connectivity index (χ4n) is 3.49. The van der Waals surface area contributed by atoms with E-state index in [1.165, 1.54) is 0 Å². The highest BCUT2D eigenvalue weighted by atomic mass is 19.4. The summed E-state index contributed by atoms with van der Waals surface area (Å²) >= 11 is 0. The van der Waals surface area contributed by atoms with Crippen molar-refractivity contribution in [3.63, 3.8) is 0 Å². The Morgan fingerprint density at radius 3 is 2.22 bits per heavy atom. The fraction of sp³-hybridized carbons (Fsp3) is 0.600. The van der Waals surface area contributed by atoms with Crippen molar-refractivity contribution in [1.29, 1.82) is 0 Å². The van der Waals surface area contributed by atoms with E-state index in [0.717, 1.165) is 50.7 Å². The van der Waals surface area contributed by atoms with Crippen molar-refractivity contribution in [3.05, 3.63) is 41.5 Å². The zero-order valence-corrected chi connectivity index (χ0v) is 15.0. The Labute approximate surface area is 155 Å². The Morgan fingerprint density at radius 1 is 1.04 bits per heavy atom. The van der Waals surface area contributed by atoms with Crippen LogP contribution >= 0.6 is 0 Å². The second-order valence-corrected chi connectivity index (χ2v) is 7.02. The summed E-state index contributed by atoms with van der Waals surface area (Å²) in [4.78, 5) is 0. The normalized spacial score (nSPS) is 21.0. The van der Waals surface area contributed by atoms with Gasteiger partial charge in [-0.2, -0.15) is 0 Å². The highest BCUT2D eigenvalue weighted by Gasteiger charge is 2.34. The van der Waals surface area contributed by atoms with E-state index in [-0.39, 0.29) is 6.67 Å². The molecule has 1 saturated carbocycles. The number of hydrogen-bond donors (Lipinski definition) is 0. The van der Waals surface area contributed by atoms with Gasteiger partial charge in [-0.15, -0.1) is 13.2 Å². The summed E-state index contributed by atoms with van der Waals surface area (Å²) in [5.41, 5.74) is 0.327. The molecule has 0 heterocycles. The number of ether oxygens (including phenoxy) is 1. The van der Waals surface area contributed by atoms with Gasteiger partial charge in [0.05, 0.1) is 6.67 Å². The molecule has 0 N–H and O–H groups in total. The van der Waals surface area contributed by atoms with Gasteiger partial charge in [0.1, 0.15) is 0 Å². The predicted molar refractivity (Wildman–Crippen MR) is 91.2 cm³/mol. The van der Waals surface area contributed by atoms with Gasteiger partial charge in [0.15, 0.2) is 11.6 Å². The molecule has 0 radical (unpaired) electrons. The SMILES string of the molecule is FCCCC=C[C@H]1CC[C@H](CCc2cc(F)c(OC(F)(F)F)c(F)c2)CC1. The fourth-order valence-corrected chi connectivity index (χ4v) is 3.49. The van der Waals surface area contributed by atoms with Crippen molar-refractivity contribution in [2.24, 2.45) is 11.8 Å². The van der Waals surface area contributed by atoms with Crippen molar-refractivity contribution in [1.82, 2.24) is 0 Å². The van der Waals surface area contributed by atoms with Crippen LogP contribution in [0.15, 0.2) is 24.3 Å². The first-order chi connectivity index (χ1) is 12.8. The monoisotopic (exact) mass is 394 g/mol. The highest BCUT2D eigenvalue weighted by Crippen LogP contribution is 2.34. The number of hydrogen-bond acceptors (Lipinski definition) is 1. The minimum atomic E-state index is -5.14. The van der Waals surface area contributed by atoms with E-state index in [9.17, 15) is 26.3 Å². The third-order valence-corrected chi connectivity index (χ3v) is 4.92. The largest absolute Gasteiger partial charge is 0.573 e. The molecule has 0 atom stereocenters. The van der Waals surface area contributed by atoms with Gasteiger partial charge < -0.3 is 4.74 Å². The van der Waals surface area contributed by atoms with Crippen molar-refractivity contribution >= 4 is 0 Å². The van der Waals surface area contributed by atoms with Crippen LogP contribution in [-0.2, 0) is 6.42 Å². The number of halogens is 6. The Bertz CT molecular complexity index is 594. The second kappa shape index (κ2) is 10.0. The Hall–Kier alpha value is -1.66. The maximum atomic E-state index is 13.7. The van der Waals surface area contributed by atoms with Crippen LogP contribution in [0.1, 0.15) is 50.5 Å². The Morgan fingerprint density at radius 2 is 1.67 bits per heavy atom. The number of aryl methyl sites for hydroxylation is 1. The number of unbranched alkanes of at least 4 members (excludes halogenated alkanes) is 1. The van der Waals surface area contributed by atoms with Crippen LogP contribution in [0, 0.1) is 23.5 Å². The van der Waals surface area contributed by atoms with E-state index in [1.807, 2.05) is 6.08 Å². The standard InChI is InChI=1S/C20H24F6O/c21-11-3-1-2-4-14-5-7-15(8-6-14)9-10-16-12-17(22)19(18(23)13-16)27-20(24,25)26/h2,4,12-15H,1,3,5-11H2/t14-,15-. The average molecular weight is 394 g/mol. The molecule has 1 nitrogen and oxygen atoms in total. The molecule has 0 saturated heterocycles. The van der Waals surface area contributed by atoms with E-state index in [0.29, 0.717) is 30.2 Å².